The van der Waals surface area contributed by atoms with Crippen LogP contribution in [0, 0.1) is 0 Å². The largest absolute Gasteiger partial charge is 0.447 e. The van der Waals surface area contributed by atoms with Gasteiger partial charge in [-0.3, -0.25) is 0 Å². The monoisotopic (exact) mass is 292 g/mol. The summed E-state index contributed by atoms with van der Waals surface area (Å²) in [6.07, 6.45) is 4.04. The van der Waals surface area contributed by atoms with Crippen LogP contribution in [0.15, 0.2) is 39.4 Å². The summed E-state index contributed by atoms with van der Waals surface area (Å²) >= 11 is 3.46. The molecule has 1 unspecified atom stereocenters. The van der Waals surface area contributed by atoms with Gasteiger partial charge in [-0.25, -0.2) is 4.98 Å². The van der Waals surface area contributed by atoms with E-state index in [2.05, 4.69) is 26.2 Å². The van der Waals surface area contributed by atoms with Crippen molar-refractivity contribution >= 4 is 15.9 Å². The maximum absolute atomic E-state index is 5.55. The van der Waals surface area contributed by atoms with Gasteiger partial charge >= 0.3 is 0 Å². The number of aromatic nitrogens is 1. The van der Waals surface area contributed by atoms with E-state index in [4.69, 9.17) is 4.42 Å². The fourth-order valence-corrected chi connectivity index (χ4v) is 2.52. The summed E-state index contributed by atoms with van der Waals surface area (Å²) in [5.41, 5.74) is 1.97. The molecule has 2 heterocycles. The molecule has 88 valence electrons. The second-order valence-corrected chi connectivity index (χ2v) is 5.15. The predicted octanol–water partition coefficient (Wildman–Crippen LogP) is 3.53. The molecule has 0 aliphatic carbocycles. The van der Waals surface area contributed by atoms with Gasteiger partial charge < -0.3 is 9.73 Å². The number of benzene rings is 1. The SMILES string of the molecule is Brc1cccc(-c2coc(C3CCCN3)n2)c1. The minimum Gasteiger partial charge on any atom is -0.447 e. The number of hydrogen-bond acceptors (Lipinski definition) is 3. The lowest BCUT2D eigenvalue weighted by molar-refractivity contribution is 0.429. The van der Waals surface area contributed by atoms with Crippen LogP contribution < -0.4 is 5.32 Å². The summed E-state index contributed by atoms with van der Waals surface area (Å²) in [4.78, 5) is 4.55. The Labute approximate surface area is 108 Å². The van der Waals surface area contributed by atoms with E-state index >= 15 is 0 Å². The maximum Gasteiger partial charge on any atom is 0.211 e. The van der Waals surface area contributed by atoms with Crippen LogP contribution in [0.25, 0.3) is 11.3 Å². The van der Waals surface area contributed by atoms with Gasteiger partial charge in [-0.1, -0.05) is 28.1 Å². The highest BCUT2D eigenvalue weighted by Gasteiger charge is 2.21. The molecular weight excluding hydrogens is 280 g/mol. The first-order chi connectivity index (χ1) is 8.33. The summed E-state index contributed by atoms with van der Waals surface area (Å²) in [5.74, 6) is 0.803. The van der Waals surface area contributed by atoms with E-state index in [9.17, 15) is 0 Å². The van der Waals surface area contributed by atoms with E-state index in [0.29, 0.717) is 0 Å². The van der Waals surface area contributed by atoms with Crippen LogP contribution in [0.5, 0.6) is 0 Å². The van der Waals surface area contributed by atoms with Gasteiger partial charge in [0.05, 0.1) is 6.04 Å². The van der Waals surface area contributed by atoms with Gasteiger partial charge in [0.15, 0.2) is 0 Å². The predicted molar refractivity (Wildman–Crippen MR) is 69.6 cm³/mol. The topological polar surface area (TPSA) is 38.1 Å². The Morgan fingerprint density at radius 3 is 3.12 bits per heavy atom. The van der Waals surface area contributed by atoms with Gasteiger partial charge in [0.25, 0.3) is 0 Å². The van der Waals surface area contributed by atoms with Gasteiger partial charge in [0.2, 0.25) is 5.89 Å². The molecule has 0 radical (unpaired) electrons. The van der Waals surface area contributed by atoms with Crippen LogP contribution in [-0.2, 0) is 0 Å². The van der Waals surface area contributed by atoms with Crippen molar-refractivity contribution in [3.8, 4) is 11.3 Å². The number of halogens is 1. The molecule has 0 spiro atoms. The maximum atomic E-state index is 5.55. The van der Waals surface area contributed by atoms with Crippen molar-refractivity contribution in [2.24, 2.45) is 0 Å². The molecule has 1 aromatic carbocycles. The minimum atomic E-state index is 0.288. The van der Waals surface area contributed by atoms with Gasteiger partial charge in [0, 0.05) is 10.0 Å². The average molecular weight is 293 g/mol. The molecule has 4 heteroatoms. The Bertz CT molecular complexity index is 518. The van der Waals surface area contributed by atoms with E-state index in [1.54, 1.807) is 6.26 Å². The zero-order valence-electron chi connectivity index (χ0n) is 9.32. The van der Waals surface area contributed by atoms with Gasteiger partial charge in [-0.05, 0) is 31.5 Å². The normalized spacial score (nSPS) is 19.7. The van der Waals surface area contributed by atoms with Crippen molar-refractivity contribution in [1.29, 1.82) is 0 Å². The molecule has 1 saturated heterocycles. The van der Waals surface area contributed by atoms with E-state index in [1.165, 1.54) is 6.42 Å². The quantitative estimate of drug-likeness (QED) is 0.920. The molecule has 1 N–H and O–H groups in total. The van der Waals surface area contributed by atoms with Crippen molar-refractivity contribution in [2.45, 2.75) is 18.9 Å². The Morgan fingerprint density at radius 2 is 2.35 bits per heavy atom. The van der Waals surface area contributed by atoms with Crippen molar-refractivity contribution in [2.75, 3.05) is 6.54 Å². The van der Waals surface area contributed by atoms with E-state index < -0.39 is 0 Å². The Morgan fingerprint density at radius 1 is 1.41 bits per heavy atom. The van der Waals surface area contributed by atoms with Crippen molar-refractivity contribution in [1.82, 2.24) is 10.3 Å². The van der Waals surface area contributed by atoms with Gasteiger partial charge in [0.1, 0.15) is 12.0 Å². The van der Waals surface area contributed by atoms with Crippen molar-refractivity contribution in [3.05, 3.63) is 40.9 Å². The van der Waals surface area contributed by atoms with Crippen LogP contribution in [0.2, 0.25) is 0 Å². The summed E-state index contributed by atoms with van der Waals surface area (Å²) < 4.78 is 6.61. The molecule has 1 atom stereocenters. The summed E-state index contributed by atoms with van der Waals surface area (Å²) in [6, 6.07) is 8.37. The number of nitrogens with zero attached hydrogens (tertiary/aromatic N) is 1. The molecule has 1 aliphatic heterocycles. The molecule has 0 saturated carbocycles. The summed E-state index contributed by atoms with van der Waals surface area (Å²) in [5, 5.41) is 3.38. The molecule has 1 aliphatic rings. The molecule has 0 bridgehead atoms. The minimum absolute atomic E-state index is 0.288. The first-order valence-electron chi connectivity index (χ1n) is 5.78. The molecule has 17 heavy (non-hydrogen) atoms. The summed E-state index contributed by atoms with van der Waals surface area (Å²) in [6.45, 7) is 1.05. The smallest absolute Gasteiger partial charge is 0.211 e. The molecule has 1 fully saturated rings. The highest BCUT2D eigenvalue weighted by Crippen LogP contribution is 2.27. The van der Waals surface area contributed by atoms with E-state index in [-0.39, 0.29) is 6.04 Å². The van der Waals surface area contributed by atoms with Gasteiger partial charge in [-0.2, -0.15) is 0 Å². The van der Waals surface area contributed by atoms with Crippen molar-refractivity contribution < 1.29 is 4.42 Å². The molecule has 2 aromatic rings. The zero-order chi connectivity index (χ0) is 11.7. The number of oxazole rings is 1. The van der Waals surface area contributed by atoms with Gasteiger partial charge in [-0.15, -0.1) is 0 Å². The molecule has 0 amide bonds. The van der Waals surface area contributed by atoms with Crippen LogP contribution in [0.3, 0.4) is 0 Å². The van der Waals surface area contributed by atoms with Crippen LogP contribution in [-0.4, -0.2) is 11.5 Å². The van der Waals surface area contributed by atoms with Crippen LogP contribution >= 0.6 is 15.9 Å². The fraction of sp³-hybridized carbons (Fsp3) is 0.308. The Hall–Kier alpha value is -1.13. The van der Waals surface area contributed by atoms with Crippen LogP contribution in [0.4, 0.5) is 0 Å². The third kappa shape index (κ3) is 2.28. The third-order valence-electron chi connectivity index (χ3n) is 3.00. The molecule has 3 nitrogen and oxygen atoms in total. The highest BCUT2D eigenvalue weighted by molar-refractivity contribution is 9.10. The summed E-state index contributed by atoms with van der Waals surface area (Å²) in [7, 11) is 0. The number of rotatable bonds is 2. The Kier molecular flexibility index (Phi) is 2.99. The lowest BCUT2D eigenvalue weighted by Gasteiger charge is -2.03. The first kappa shape index (κ1) is 11.0. The Balaban J connectivity index is 1.89. The lowest BCUT2D eigenvalue weighted by Crippen LogP contribution is -2.12. The fourth-order valence-electron chi connectivity index (χ4n) is 2.12. The third-order valence-corrected chi connectivity index (χ3v) is 3.49. The average Bonchev–Trinajstić information content (AvgIpc) is 3.00. The molecule has 3 rings (SSSR count). The van der Waals surface area contributed by atoms with E-state index in [1.807, 2.05) is 24.3 Å². The number of hydrogen-bond donors (Lipinski definition) is 1. The lowest BCUT2D eigenvalue weighted by atomic mass is 10.2. The van der Waals surface area contributed by atoms with Crippen LogP contribution in [0.1, 0.15) is 24.8 Å². The molecule has 1 aromatic heterocycles. The highest BCUT2D eigenvalue weighted by atomic mass is 79.9. The standard InChI is InChI=1S/C13H13BrN2O/c14-10-4-1-3-9(7-10)12-8-17-13(16-12)11-5-2-6-15-11/h1,3-4,7-8,11,15H,2,5-6H2. The van der Waals surface area contributed by atoms with Crippen molar-refractivity contribution in [3.63, 3.8) is 0 Å². The zero-order valence-corrected chi connectivity index (χ0v) is 10.9. The molecular formula is C13H13BrN2O. The second-order valence-electron chi connectivity index (χ2n) is 4.23. The van der Waals surface area contributed by atoms with E-state index in [0.717, 1.165) is 34.6 Å². The first-order valence-corrected chi connectivity index (χ1v) is 6.57. The number of nitrogens with one attached hydrogen (secondary N) is 1. The second kappa shape index (κ2) is 4.63.